The summed E-state index contributed by atoms with van der Waals surface area (Å²) < 4.78 is 31.3. The van der Waals surface area contributed by atoms with Crippen LogP contribution in [0.15, 0.2) is 103 Å². The molecule has 5 rings (SSSR count). The molecule has 0 N–H and O–H groups in total. The van der Waals surface area contributed by atoms with Crippen LogP contribution in [0.3, 0.4) is 0 Å². The highest BCUT2D eigenvalue weighted by Crippen LogP contribution is 2.38. The van der Waals surface area contributed by atoms with Gasteiger partial charge in [0, 0.05) is 17.2 Å². The third kappa shape index (κ3) is 6.11. The number of benzene rings is 4. The molecule has 0 saturated heterocycles. The maximum atomic E-state index is 13.4. The van der Waals surface area contributed by atoms with Crippen LogP contribution >= 0.6 is 0 Å². The van der Waals surface area contributed by atoms with Crippen molar-refractivity contribution in [3.8, 4) is 45.8 Å². The van der Waals surface area contributed by atoms with E-state index in [1.807, 2.05) is 85.8 Å². The van der Waals surface area contributed by atoms with E-state index in [2.05, 4.69) is 11.1 Å². The number of nitrogens with zero attached hydrogens (tertiary/aromatic N) is 2. The molecule has 0 aliphatic heterocycles. The van der Waals surface area contributed by atoms with Gasteiger partial charge in [0.15, 0.2) is 0 Å². The number of rotatable bonds is 9. The Bertz CT molecular complexity index is 1640. The van der Waals surface area contributed by atoms with Crippen molar-refractivity contribution in [3.63, 3.8) is 0 Å². The fraction of sp³-hybridized carbons (Fsp3) is 0.118. The number of methoxy groups -OCH3 is 1. The number of halogens is 1. The van der Waals surface area contributed by atoms with Crippen molar-refractivity contribution in [2.24, 2.45) is 0 Å². The van der Waals surface area contributed by atoms with Crippen molar-refractivity contribution in [1.29, 1.82) is 5.26 Å². The predicted octanol–water partition coefficient (Wildman–Crippen LogP) is 7.90. The maximum absolute atomic E-state index is 13.4. The number of aromatic nitrogens is 1. The van der Waals surface area contributed by atoms with Gasteiger partial charge in [0.1, 0.15) is 42.2 Å². The van der Waals surface area contributed by atoms with Crippen LogP contribution in [-0.2, 0) is 13.2 Å². The van der Waals surface area contributed by atoms with Gasteiger partial charge in [0.2, 0.25) is 5.88 Å². The average Bonchev–Trinajstić information content (AvgIpc) is 3.00. The minimum atomic E-state index is -0.307. The molecule has 5 aromatic rings. The van der Waals surface area contributed by atoms with Crippen LogP contribution < -0.4 is 14.2 Å². The second-order valence-corrected chi connectivity index (χ2v) is 9.26. The quantitative estimate of drug-likeness (QED) is 0.194. The first-order valence-electron chi connectivity index (χ1n) is 12.8. The Morgan fingerprint density at radius 1 is 0.775 bits per heavy atom. The normalized spacial score (nSPS) is 10.6. The first-order valence-corrected chi connectivity index (χ1v) is 12.8. The van der Waals surface area contributed by atoms with E-state index in [0.29, 0.717) is 40.5 Å². The molecule has 0 saturated carbocycles. The molecule has 5 nitrogen and oxygen atoms in total. The molecule has 0 amide bonds. The van der Waals surface area contributed by atoms with Crippen molar-refractivity contribution < 1.29 is 18.6 Å². The molecule has 198 valence electrons. The summed E-state index contributed by atoms with van der Waals surface area (Å²) in [6.07, 6.45) is 0. The third-order valence-corrected chi connectivity index (χ3v) is 6.44. The van der Waals surface area contributed by atoms with Gasteiger partial charge in [0.05, 0.1) is 12.8 Å². The van der Waals surface area contributed by atoms with E-state index in [9.17, 15) is 9.65 Å². The van der Waals surface area contributed by atoms with Gasteiger partial charge in [-0.2, -0.15) is 5.26 Å². The Morgan fingerprint density at radius 2 is 1.48 bits per heavy atom. The number of pyridine rings is 1. The van der Waals surface area contributed by atoms with Gasteiger partial charge in [-0.15, -0.1) is 0 Å². The van der Waals surface area contributed by atoms with E-state index in [4.69, 9.17) is 14.2 Å². The summed E-state index contributed by atoms with van der Waals surface area (Å²) in [5, 5.41) is 9.94. The summed E-state index contributed by atoms with van der Waals surface area (Å²) >= 11 is 0. The van der Waals surface area contributed by atoms with Gasteiger partial charge in [-0.05, 0) is 53.9 Å². The van der Waals surface area contributed by atoms with Gasteiger partial charge >= 0.3 is 0 Å². The predicted molar refractivity (Wildman–Crippen MR) is 153 cm³/mol. The van der Waals surface area contributed by atoms with E-state index in [-0.39, 0.29) is 18.3 Å². The monoisotopic (exact) mass is 530 g/mol. The highest BCUT2D eigenvalue weighted by molar-refractivity contribution is 5.80. The summed E-state index contributed by atoms with van der Waals surface area (Å²) in [5.74, 6) is 1.08. The van der Waals surface area contributed by atoms with E-state index in [1.165, 1.54) is 19.2 Å². The van der Waals surface area contributed by atoms with Crippen molar-refractivity contribution >= 4 is 0 Å². The largest absolute Gasteiger partial charge is 0.489 e. The van der Waals surface area contributed by atoms with Crippen molar-refractivity contribution in [1.82, 2.24) is 4.98 Å². The fourth-order valence-electron chi connectivity index (χ4n) is 4.28. The van der Waals surface area contributed by atoms with E-state index < -0.39 is 0 Å². The molecule has 40 heavy (non-hydrogen) atoms. The molecule has 0 aliphatic carbocycles. The molecule has 0 bridgehead atoms. The zero-order valence-corrected chi connectivity index (χ0v) is 22.2. The molecular formula is C34H27FN2O3. The Morgan fingerprint density at radius 3 is 2.17 bits per heavy atom. The number of hydrogen-bond acceptors (Lipinski definition) is 5. The topological polar surface area (TPSA) is 64.4 Å². The van der Waals surface area contributed by atoms with Crippen LogP contribution in [0, 0.1) is 24.1 Å². The van der Waals surface area contributed by atoms with Crippen LogP contribution in [-0.4, -0.2) is 12.1 Å². The lowest BCUT2D eigenvalue weighted by Gasteiger charge is -2.16. The summed E-state index contributed by atoms with van der Waals surface area (Å²) in [7, 11) is 1.50. The van der Waals surface area contributed by atoms with Crippen LogP contribution in [0.5, 0.6) is 17.4 Å². The molecule has 0 fully saturated rings. The molecular weight excluding hydrogens is 503 g/mol. The average molecular weight is 531 g/mol. The minimum Gasteiger partial charge on any atom is -0.489 e. The molecule has 0 radical (unpaired) electrons. The van der Waals surface area contributed by atoms with Gasteiger partial charge in [-0.3, -0.25) is 0 Å². The van der Waals surface area contributed by atoms with Crippen LogP contribution in [0.1, 0.15) is 22.3 Å². The minimum absolute atomic E-state index is 0.216. The van der Waals surface area contributed by atoms with Crippen LogP contribution in [0.4, 0.5) is 4.39 Å². The lowest BCUT2D eigenvalue weighted by molar-refractivity contribution is 0.290. The van der Waals surface area contributed by atoms with E-state index >= 15 is 0 Å². The number of aryl methyl sites for hydroxylation is 1. The molecule has 1 heterocycles. The van der Waals surface area contributed by atoms with Crippen LogP contribution in [0.25, 0.3) is 22.4 Å². The van der Waals surface area contributed by atoms with Crippen molar-refractivity contribution in [2.45, 2.75) is 20.1 Å². The zero-order valence-electron chi connectivity index (χ0n) is 22.2. The fourth-order valence-corrected chi connectivity index (χ4v) is 4.28. The lowest BCUT2D eigenvalue weighted by Crippen LogP contribution is -2.02. The third-order valence-electron chi connectivity index (χ3n) is 6.44. The Balaban J connectivity index is 1.56. The van der Waals surface area contributed by atoms with Gasteiger partial charge in [-0.1, -0.05) is 72.3 Å². The zero-order chi connectivity index (χ0) is 27.9. The Hall–Kier alpha value is -5.15. The molecule has 6 heteroatoms. The molecule has 0 unspecified atom stereocenters. The van der Waals surface area contributed by atoms with Gasteiger partial charge in [0.25, 0.3) is 0 Å². The van der Waals surface area contributed by atoms with Crippen LogP contribution in [0.2, 0.25) is 0 Å². The number of nitriles is 1. The standard InChI is InChI=1S/C34H27FN2O3/c1-23-8-12-26(13-9-23)30-19-32(37-34(38-2)31(30)20-36)29-17-16-28(39-21-24-6-4-3-5-7-24)18-33(29)40-22-25-10-14-27(35)15-11-25/h3-19H,21-22H2,1-2H3. The summed E-state index contributed by atoms with van der Waals surface area (Å²) in [6.45, 7) is 2.63. The summed E-state index contributed by atoms with van der Waals surface area (Å²) in [4.78, 5) is 4.67. The molecule has 1 aromatic heterocycles. The maximum Gasteiger partial charge on any atom is 0.232 e. The molecule has 0 atom stereocenters. The SMILES string of the molecule is COc1nc(-c2ccc(OCc3ccccc3)cc2OCc2ccc(F)cc2)cc(-c2ccc(C)cc2)c1C#N. The van der Waals surface area contributed by atoms with Crippen molar-refractivity contribution in [2.75, 3.05) is 7.11 Å². The Kier molecular flexibility index (Phi) is 8.03. The smallest absolute Gasteiger partial charge is 0.232 e. The van der Waals surface area contributed by atoms with E-state index in [0.717, 1.165) is 22.3 Å². The van der Waals surface area contributed by atoms with Gasteiger partial charge < -0.3 is 14.2 Å². The Labute approximate surface area is 233 Å². The second kappa shape index (κ2) is 12.1. The van der Waals surface area contributed by atoms with Gasteiger partial charge in [-0.25, -0.2) is 9.37 Å². The molecule has 0 spiro atoms. The highest BCUT2D eigenvalue weighted by Gasteiger charge is 2.19. The molecule has 0 aliphatic rings. The van der Waals surface area contributed by atoms with E-state index in [1.54, 1.807) is 12.1 Å². The number of hydrogen-bond donors (Lipinski definition) is 0. The van der Waals surface area contributed by atoms with Crippen molar-refractivity contribution in [3.05, 3.63) is 131 Å². The lowest BCUT2D eigenvalue weighted by atomic mass is 9.97. The highest BCUT2D eigenvalue weighted by atomic mass is 19.1. The molecule has 4 aromatic carbocycles. The summed E-state index contributed by atoms with van der Waals surface area (Å²) in [6, 6.07) is 33.7. The first kappa shape index (κ1) is 26.5. The summed E-state index contributed by atoms with van der Waals surface area (Å²) in [5.41, 5.74) is 6.19. The second-order valence-electron chi connectivity index (χ2n) is 9.26. The number of ether oxygens (including phenoxy) is 3. The first-order chi connectivity index (χ1) is 19.5.